The van der Waals surface area contributed by atoms with Crippen LogP contribution in [0, 0.1) is 5.92 Å². The molecule has 0 bridgehead atoms. The van der Waals surface area contributed by atoms with Gasteiger partial charge in [-0.3, -0.25) is 4.79 Å². The zero-order chi connectivity index (χ0) is 17.5. The van der Waals surface area contributed by atoms with Crippen LogP contribution in [0.4, 0.5) is 0 Å². The first-order valence-electron chi connectivity index (χ1n) is 8.60. The minimum Gasteiger partial charge on any atom is -0.352 e. The maximum atomic E-state index is 12.2. The first kappa shape index (κ1) is 18.2. The first-order valence-corrected chi connectivity index (χ1v) is 8.60. The molecule has 130 valence electrons. The minimum absolute atomic E-state index is 0.111. The van der Waals surface area contributed by atoms with E-state index in [2.05, 4.69) is 36.3 Å². The van der Waals surface area contributed by atoms with E-state index >= 15 is 0 Å². The molecule has 2 aromatic rings. The van der Waals surface area contributed by atoms with Gasteiger partial charge in [0, 0.05) is 25.2 Å². The number of hydrogen-bond acceptors (Lipinski definition) is 3. The highest BCUT2D eigenvalue weighted by Crippen LogP contribution is 2.08. The average Bonchev–Trinajstić information content (AvgIpc) is 3.01. The van der Waals surface area contributed by atoms with Crippen molar-refractivity contribution < 1.29 is 4.79 Å². The summed E-state index contributed by atoms with van der Waals surface area (Å²) in [5.41, 5.74) is 8.09. The monoisotopic (exact) mass is 328 g/mol. The van der Waals surface area contributed by atoms with Crippen molar-refractivity contribution >= 4 is 5.91 Å². The van der Waals surface area contributed by atoms with Gasteiger partial charge < -0.3 is 15.6 Å². The zero-order valence-corrected chi connectivity index (χ0v) is 14.8. The standard InChI is InChI=1S/C19H28N4O/c1-4-14(2)15(3)22-19(24)18(20)10-17-12-23(13-21-17)11-16-8-6-5-7-9-16/h5-9,12-15,18H,4,10-11,20H2,1-3H3,(H,22,24)/t14?,15?,18-/m0/s1. The molecule has 0 saturated carbocycles. The number of benzene rings is 1. The molecule has 24 heavy (non-hydrogen) atoms. The molecule has 0 radical (unpaired) electrons. The topological polar surface area (TPSA) is 72.9 Å². The Labute approximate surface area is 144 Å². The van der Waals surface area contributed by atoms with E-state index < -0.39 is 6.04 Å². The van der Waals surface area contributed by atoms with E-state index in [0.29, 0.717) is 12.3 Å². The number of nitrogens with one attached hydrogen (secondary N) is 1. The number of nitrogens with zero attached hydrogens (tertiary/aromatic N) is 2. The summed E-state index contributed by atoms with van der Waals surface area (Å²) in [5.74, 6) is 0.326. The Hall–Kier alpha value is -2.14. The molecule has 1 heterocycles. The van der Waals surface area contributed by atoms with Gasteiger partial charge in [0.25, 0.3) is 0 Å². The molecule has 2 unspecified atom stereocenters. The van der Waals surface area contributed by atoms with E-state index in [-0.39, 0.29) is 11.9 Å². The predicted octanol–water partition coefficient (Wildman–Crippen LogP) is 2.35. The maximum absolute atomic E-state index is 12.2. The van der Waals surface area contributed by atoms with E-state index in [1.54, 1.807) is 6.33 Å². The Balaban J connectivity index is 1.88. The van der Waals surface area contributed by atoms with Crippen LogP contribution >= 0.6 is 0 Å². The number of rotatable bonds is 8. The van der Waals surface area contributed by atoms with Gasteiger partial charge in [0.1, 0.15) is 0 Å². The molecule has 2 rings (SSSR count). The first-order chi connectivity index (χ1) is 11.5. The van der Waals surface area contributed by atoms with Crippen LogP contribution in [0.3, 0.4) is 0 Å². The molecule has 3 N–H and O–H groups in total. The second-order valence-corrected chi connectivity index (χ2v) is 6.52. The zero-order valence-electron chi connectivity index (χ0n) is 14.8. The van der Waals surface area contributed by atoms with E-state index in [9.17, 15) is 4.79 Å². The fourth-order valence-electron chi connectivity index (χ4n) is 2.54. The van der Waals surface area contributed by atoms with Crippen molar-refractivity contribution in [2.45, 2.75) is 52.2 Å². The summed E-state index contributed by atoms with van der Waals surface area (Å²) in [6, 6.07) is 9.75. The Morgan fingerprint density at radius 2 is 2.00 bits per heavy atom. The van der Waals surface area contributed by atoms with Crippen LogP contribution in [0.15, 0.2) is 42.9 Å². The SMILES string of the molecule is CCC(C)C(C)NC(=O)[C@@H](N)Cc1cn(Cc2ccccc2)cn1. The van der Waals surface area contributed by atoms with Gasteiger partial charge in [0.05, 0.1) is 18.1 Å². The average molecular weight is 328 g/mol. The Bertz CT molecular complexity index is 638. The summed E-state index contributed by atoms with van der Waals surface area (Å²) in [6.07, 6.45) is 5.22. The van der Waals surface area contributed by atoms with Crippen LogP contribution in [0.25, 0.3) is 0 Å². The molecule has 0 aliphatic rings. The quantitative estimate of drug-likeness (QED) is 0.781. The Morgan fingerprint density at radius 3 is 2.67 bits per heavy atom. The van der Waals surface area contributed by atoms with E-state index in [1.165, 1.54) is 5.56 Å². The third kappa shape index (κ3) is 5.20. The van der Waals surface area contributed by atoms with Crippen LogP contribution in [-0.2, 0) is 17.8 Å². The molecule has 0 aliphatic heterocycles. The number of carbonyl (C=O) groups excluding carboxylic acids is 1. The molecule has 1 aromatic heterocycles. The van der Waals surface area contributed by atoms with Crippen molar-refractivity contribution in [3.8, 4) is 0 Å². The van der Waals surface area contributed by atoms with Gasteiger partial charge in [0.2, 0.25) is 5.91 Å². The lowest BCUT2D eigenvalue weighted by atomic mass is 10.0. The van der Waals surface area contributed by atoms with Gasteiger partial charge in [-0.2, -0.15) is 0 Å². The normalized spacial score (nSPS) is 14.8. The summed E-state index contributed by atoms with van der Waals surface area (Å²) in [4.78, 5) is 16.6. The smallest absolute Gasteiger partial charge is 0.237 e. The molecule has 0 saturated heterocycles. The van der Waals surface area contributed by atoms with E-state index in [4.69, 9.17) is 5.73 Å². The third-order valence-corrected chi connectivity index (χ3v) is 4.53. The van der Waals surface area contributed by atoms with Gasteiger partial charge in [-0.1, -0.05) is 50.6 Å². The summed E-state index contributed by atoms with van der Waals surface area (Å²) >= 11 is 0. The molecular weight excluding hydrogens is 300 g/mol. The lowest BCUT2D eigenvalue weighted by Gasteiger charge is -2.21. The van der Waals surface area contributed by atoms with Crippen molar-refractivity contribution in [2.24, 2.45) is 11.7 Å². The number of imidazole rings is 1. The van der Waals surface area contributed by atoms with Crippen molar-refractivity contribution in [2.75, 3.05) is 0 Å². The van der Waals surface area contributed by atoms with Crippen LogP contribution in [0.5, 0.6) is 0 Å². The van der Waals surface area contributed by atoms with Gasteiger partial charge >= 0.3 is 0 Å². The van der Waals surface area contributed by atoms with Crippen molar-refractivity contribution in [1.29, 1.82) is 0 Å². The Morgan fingerprint density at radius 1 is 1.29 bits per heavy atom. The van der Waals surface area contributed by atoms with Gasteiger partial charge in [-0.15, -0.1) is 0 Å². The second-order valence-electron chi connectivity index (χ2n) is 6.52. The third-order valence-electron chi connectivity index (χ3n) is 4.53. The van der Waals surface area contributed by atoms with Crippen LogP contribution in [0.2, 0.25) is 0 Å². The maximum Gasteiger partial charge on any atom is 0.237 e. The number of hydrogen-bond donors (Lipinski definition) is 2. The lowest BCUT2D eigenvalue weighted by molar-refractivity contribution is -0.123. The summed E-state index contributed by atoms with van der Waals surface area (Å²) in [7, 11) is 0. The van der Waals surface area contributed by atoms with E-state index in [0.717, 1.165) is 18.7 Å². The minimum atomic E-state index is -0.573. The fourth-order valence-corrected chi connectivity index (χ4v) is 2.54. The Kier molecular flexibility index (Phi) is 6.55. The molecular formula is C19H28N4O. The molecule has 5 heteroatoms. The molecule has 0 aliphatic carbocycles. The van der Waals surface area contributed by atoms with Crippen molar-refractivity contribution in [3.05, 3.63) is 54.1 Å². The molecule has 5 nitrogen and oxygen atoms in total. The lowest BCUT2D eigenvalue weighted by Crippen LogP contribution is -2.47. The fraction of sp³-hybridized carbons (Fsp3) is 0.474. The largest absolute Gasteiger partial charge is 0.352 e. The highest BCUT2D eigenvalue weighted by molar-refractivity contribution is 5.82. The molecule has 0 fully saturated rings. The molecule has 1 amide bonds. The van der Waals surface area contributed by atoms with Crippen molar-refractivity contribution in [3.63, 3.8) is 0 Å². The van der Waals surface area contributed by atoms with Crippen LogP contribution in [0.1, 0.15) is 38.4 Å². The predicted molar refractivity (Wildman–Crippen MR) is 96.5 cm³/mol. The van der Waals surface area contributed by atoms with Crippen LogP contribution in [-0.4, -0.2) is 27.5 Å². The highest BCUT2D eigenvalue weighted by Gasteiger charge is 2.19. The summed E-state index contributed by atoms with van der Waals surface area (Å²) in [5, 5.41) is 3.00. The highest BCUT2D eigenvalue weighted by atomic mass is 16.2. The molecule has 0 spiro atoms. The molecule has 1 aromatic carbocycles. The van der Waals surface area contributed by atoms with Gasteiger partial charge in [0.15, 0.2) is 0 Å². The van der Waals surface area contributed by atoms with Gasteiger partial charge in [-0.05, 0) is 18.4 Å². The second kappa shape index (κ2) is 8.64. The van der Waals surface area contributed by atoms with Crippen molar-refractivity contribution in [1.82, 2.24) is 14.9 Å². The number of carbonyl (C=O) groups is 1. The molecule has 3 atom stereocenters. The van der Waals surface area contributed by atoms with Crippen LogP contribution < -0.4 is 11.1 Å². The number of nitrogens with two attached hydrogens (primary N) is 1. The van der Waals surface area contributed by atoms with E-state index in [1.807, 2.05) is 35.9 Å². The van der Waals surface area contributed by atoms with Gasteiger partial charge in [-0.25, -0.2) is 4.98 Å². The summed E-state index contributed by atoms with van der Waals surface area (Å²) < 4.78 is 2.01. The number of aromatic nitrogens is 2. The number of amides is 1. The summed E-state index contributed by atoms with van der Waals surface area (Å²) in [6.45, 7) is 7.03.